The van der Waals surface area contributed by atoms with Crippen molar-refractivity contribution in [1.29, 1.82) is 0 Å². The zero-order chi connectivity index (χ0) is 12.5. The molecule has 3 rings (SSSR count). The first-order valence-electron chi connectivity index (χ1n) is 5.61. The second-order valence-corrected chi connectivity index (χ2v) is 4.92. The summed E-state index contributed by atoms with van der Waals surface area (Å²) >= 11 is 1.37. The molecule has 6 heteroatoms. The number of aromatic nitrogens is 2. The van der Waals surface area contributed by atoms with Crippen LogP contribution in [0.15, 0.2) is 29.8 Å². The van der Waals surface area contributed by atoms with Gasteiger partial charge in [-0.2, -0.15) is 0 Å². The summed E-state index contributed by atoms with van der Waals surface area (Å²) in [6.07, 6.45) is 0.833. The molecule has 0 saturated carbocycles. The number of carbonyl (C=O) groups is 1. The minimum absolute atomic E-state index is 0.656. The van der Waals surface area contributed by atoms with Crippen molar-refractivity contribution in [3.63, 3.8) is 0 Å². The van der Waals surface area contributed by atoms with Gasteiger partial charge in [0.05, 0.1) is 0 Å². The third-order valence-corrected chi connectivity index (χ3v) is 3.84. The van der Waals surface area contributed by atoms with Crippen molar-refractivity contribution < 1.29 is 9.90 Å². The lowest BCUT2D eigenvalue weighted by Crippen LogP contribution is -2.39. The number of carboxylic acids is 1. The van der Waals surface area contributed by atoms with E-state index in [1.54, 1.807) is 5.51 Å². The highest BCUT2D eigenvalue weighted by molar-refractivity contribution is 7.13. The normalized spacial score (nSPS) is 18.4. The molecule has 92 valence electrons. The Balaban J connectivity index is 2.07. The molecule has 2 aromatic rings. The van der Waals surface area contributed by atoms with Crippen LogP contribution in [0.3, 0.4) is 0 Å². The van der Waals surface area contributed by atoms with Gasteiger partial charge in [0.25, 0.3) is 0 Å². The van der Waals surface area contributed by atoms with Crippen molar-refractivity contribution in [2.75, 3.05) is 11.4 Å². The van der Waals surface area contributed by atoms with Crippen LogP contribution in [0.4, 0.5) is 5.13 Å². The molecule has 0 fully saturated rings. The van der Waals surface area contributed by atoms with Gasteiger partial charge in [-0.3, -0.25) is 0 Å². The van der Waals surface area contributed by atoms with Crippen LogP contribution in [0.5, 0.6) is 0 Å². The van der Waals surface area contributed by atoms with Crippen LogP contribution in [0.25, 0.3) is 0 Å². The summed E-state index contributed by atoms with van der Waals surface area (Å²) in [5.41, 5.74) is 3.58. The summed E-state index contributed by atoms with van der Waals surface area (Å²) in [5, 5.41) is 17.9. The molecule has 18 heavy (non-hydrogen) atoms. The zero-order valence-electron chi connectivity index (χ0n) is 9.48. The Hall–Kier alpha value is -1.95. The van der Waals surface area contributed by atoms with Gasteiger partial charge < -0.3 is 10.0 Å². The Morgan fingerprint density at radius 3 is 3.00 bits per heavy atom. The molecule has 1 aliphatic rings. The molecule has 0 radical (unpaired) electrons. The molecule has 1 atom stereocenters. The molecule has 0 aliphatic carbocycles. The summed E-state index contributed by atoms with van der Waals surface area (Å²) in [6, 6.07) is 7.02. The van der Waals surface area contributed by atoms with E-state index < -0.39 is 12.0 Å². The summed E-state index contributed by atoms with van der Waals surface area (Å²) in [6.45, 7) is 0.656. The van der Waals surface area contributed by atoms with Gasteiger partial charge in [0.15, 0.2) is 6.04 Å². The Morgan fingerprint density at radius 2 is 2.28 bits per heavy atom. The molecule has 1 N–H and O–H groups in total. The van der Waals surface area contributed by atoms with E-state index >= 15 is 0 Å². The van der Waals surface area contributed by atoms with Crippen molar-refractivity contribution in [3.8, 4) is 0 Å². The Morgan fingerprint density at radius 1 is 1.44 bits per heavy atom. The average Bonchev–Trinajstić information content (AvgIpc) is 2.90. The Kier molecular flexibility index (Phi) is 2.71. The van der Waals surface area contributed by atoms with Crippen LogP contribution in [-0.4, -0.2) is 27.8 Å². The van der Waals surface area contributed by atoms with Crippen molar-refractivity contribution >= 4 is 22.4 Å². The van der Waals surface area contributed by atoms with Crippen LogP contribution >= 0.6 is 11.3 Å². The number of hydrogen-bond donors (Lipinski definition) is 1. The third-order valence-electron chi connectivity index (χ3n) is 3.11. The third kappa shape index (κ3) is 1.74. The topological polar surface area (TPSA) is 66.3 Å². The van der Waals surface area contributed by atoms with E-state index in [2.05, 4.69) is 10.2 Å². The second kappa shape index (κ2) is 4.38. The van der Waals surface area contributed by atoms with Crippen LogP contribution in [0, 0.1) is 0 Å². The number of hydrogen-bond acceptors (Lipinski definition) is 5. The Bertz CT molecular complexity index is 570. The van der Waals surface area contributed by atoms with E-state index in [4.69, 9.17) is 0 Å². The predicted molar refractivity (Wildman–Crippen MR) is 67.8 cm³/mol. The highest BCUT2D eigenvalue weighted by Gasteiger charge is 2.34. The maximum atomic E-state index is 11.5. The molecule has 1 aliphatic heterocycles. The molecule has 0 amide bonds. The maximum absolute atomic E-state index is 11.5. The number of benzene rings is 1. The number of aliphatic carboxylic acids is 1. The first-order valence-corrected chi connectivity index (χ1v) is 6.49. The first kappa shape index (κ1) is 11.2. The van der Waals surface area contributed by atoms with Gasteiger partial charge in [-0.1, -0.05) is 35.6 Å². The highest BCUT2D eigenvalue weighted by Crippen LogP contribution is 2.34. The van der Waals surface area contributed by atoms with Gasteiger partial charge in [0, 0.05) is 6.54 Å². The van der Waals surface area contributed by atoms with Gasteiger partial charge in [0.2, 0.25) is 5.13 Å². The molecule has 2 heterocycles. The molecule has 0 bridgehead atoms. The largest absolute Gasteiger partial charge is 0.479 e. The van der Waals surface area contributed by atoms with E-state index in [1.165, 1.54) is 11.3 Å². The Labute approximate surface area is 108 Å². The van der Waals surface area contributed by atoms with Crippen molar-refractivity contribution in [1.82, 2.24) is 10.2 Å². The van der Waals surface area contributed by atoms with Gasteiger partial charge in [-0.05, 0) is 17.5 Å². The first-order chi connectivity index (χ1) is 8.77. The minimum Gasteiger partial charge on any atom is -0.479 e. The molecule has 0 saturated heterocycles. The van der Waals surface area contributed by atoms with Gasteiger partial charge >= 0.3 is 5.97 Å². The van der Waals surface area contributed by atoms with E-state index in [0.29, 0.717) is 11.7 Å². The monoisotopic (exact) mass is 261 g/mol. The van der Waals surface area contributed by atoms with Gasteiger partial charge in [-0.25, -0.2) is 4.79 Å². The maximum Gasteiger partial charge on any atom is 0.331 e. The molecular formula is C12H11N3O2S. The van der Waals surface area contributed by atoms with Crippen LogP contribution in [0.1, 0.15) is 17.2 Å². The minimum atomic E-state index is -0.850. The second-order valence-electron chi connectivity index (χ2n) is 4.10. The number of nitrogens with zero attached hydrogens (tertiary/aromatic N) is 3. The number of fused-ring (bicyclic) bond motifs is 1. The smallest absolute Gasteiger partial charge is 0.331 e. The van der Waals surface area contributed by atoms with E-state index in [-0.39, 0.29) is 0 Å². The lowest BCUT2D eigenvalue weighted by Gasteiger charge is -2.34. The molecule has 1 unspecified atom stereocenters. The van der Waals surface area contributed by atoms with E-state index in [9.17, 15) is 9.90 Å². The number of carboxylic acid groups (broad SMARTS) is 1. The molecule has 1 aromatic heterocycles. The lowest BCUT2D eigenvalue weighted by atomic mass is 9.93. The SMILES string of the molecule is O=C(O)C1c2ccccc2CCN1c1nncs1. The van der Waals surface area contributed by atoms with Gasteiger partial charge in [-0.15, -0.1) is 10.2 Å². The van der Waals surface area contributed by atoms with Crippen molar-refractivity contribution in [2.45, 2.75) is 12.5 Å². The molecular weight excluding hydrogens is 250 g/mol. The molecule has 5 nitrogen and oxygen atoms in total. The summed E-state index contributed by atoms with van der Waals surface area (Å²) in [4.78, 5) is 13.3. The number of anilines is 1. The fourth-order valence-electron chi connectivity index (χ4n) is 2.33. The van der Waals surface area contributed by atoms with Gasteiger partial charge in [0.1, 0.15) is 5.51 Å². The van der Waals surface area contributed by atoms with E-state index in [1.807, 2.05) is 29.2 Å². The quantitative estimate of drug-likeness (QED) is 0.891. The van der Waals surface area contributed by atoms with Crippen molar-refractivity contribution in [2.24, 2.45) is 0 Å². The van der Waals surface area contributed by atoms with E-state index in [0.717, 1.165) is 17.5 Å². The van der Waals surface area contributed by atoms with Crippen LogP contribution < -0.4 is 4.90 Å². The molecule has 0 spiro atoms. The van der Waals surface area contributed by atoms with Crippen LogP contribution in [-0.2, 0) is 11.2 Å². The van der Waals surface area contributed by atoms with Crippen molar-refractivity contribution in [3.05, 3.63) is 40.9 Å². The fourth-order valence-corrected chi connectivity index (χ4v) is 2.95. The number of rotatable bonds is 2. The standard InChI is InChI=1S/C12H11N3O2S/c16-11(17)10-9-4-2-1-3-8(9)5-6-15(10)12-14-13-7-18-12/h1-4,7,10H,5-6H2,(H,16,17). The van der Waals surface area contributed by atoms with Crippen LogP contribution in [0.2, 0.25) is 0 Å². The fraction of sp³-hybridized carbons (Fsp3) is 0.250. The molecule has 1 aromatic carbocycles. The predicted octanol–water partition coefficient (Wildman–Crippen LogP) is 1.73. The zero-order valence-corrected chi connectivity index (χ0v) is 10.3. The summed E-state index contributed by atoms with van der Waals surface area (Å²) in [7, 11) is 0. The average molecular weight is 261 g/mol. The summed E-state index contributed by atoms with van der Waals surface area (Å²) < 4.78 is 0. The lowest BCUT2D eigenvalue weighted by molar-refractivity contribution is -0.138. The summed E-state index contributed by atoms with van der Waals surface area (Å²) in [5.74, 6) is -0.850. The highest BCUT2D eigenvalue weighted by atomic mass is 32.1.